The SMILES string of the molecule is CCC(CNC(=O)c1cccc([N+](=O)[O-])c1C)N1CCc2ccccc2C1. The van der Waals surface area contributed by atoms with E-state index in [9.17, 15) is 14.9 Å². The van der Waals surface area contributed by atoms with Crippen LogP contribution in [0.3, 0.4) is 0 Å². The molecule has 6 heteroatoms. The second-order valence-electron chi connectivity index (χ2n) is 6.97. The van der Waals surface area contributed by atoms with Crippen LogP contribution in [-0.2, 0) is 13.0 Å². The van der Waals surface area contributed by atoms with Crippen molar-refractivity contribution in [2.24, 2.45) is 0 Å². The summed E-state index contributed by atoms with van der Waals surface area (Å²) in [5.41, 5.74) is 3.49. The van der Waals surface area contributed by atoms with Crippen LogP contribution in [0, 0.1) is 17.0 Å². The van der Waals surface area contributed by atoms with Gasteiger partial charge in [-0.1, -0.05) is 37.3 Å². The maximum absolute atomic E-state index is 12.6. The number of fused-ring (bicyclic) bond motifs is 1. The van der Waals surface area contributed by atoms with Crippen molar-refractivity contribution in [2.75, 3.05) is 13.1 Å². The van der Waals surface area contributed by atoms with Gasteiger partial charge in [0.25, 0.3) is 11.6 Å². The number of nitrogens with one attached hydrogen (secondary N) is 1. The monoisotopic (exact) mass is 367 g/mol. The second-order valence-corrected chi connectivity index (χ2v) is 6.97. The van der Waals surface area contributed by atoms with Crippen LogP contribution < -0.4 is 5.32 Å². The quantitative estimate of drug-likeness (QED) is 0.627. The number of amides is 1. The van der Waals surface area contributed by atoms with Crippen molar-refractivity contribution in [1.82, 2.24) is 10.2 Å². The third-order valence-electron chi connectivity index (χ3n) is 5.39. The topological polar surface area (TPSA) is 75.5 Å². The summed E-state index contributed by atoms with van der Waals surface area (Å²) >= 11 is 0. The summed E-state index contributed by atoms with van der Waals surface area (Å²) in [6.07, 6.45) is 1.95. The summed E-state index contributed by atoms with van der Waals surface area (Å²) in [6.45, 7) is 6.13. The highest BCUT2D eigenvalue weighted by molar-refractivity contribution is 5.96. The van der Waals surface area contributed by atoms with Gasteiger partial charge in [-0.05, 0) is 37.0 Å². The van der Waals surface area contributed by atoms with Gasteiger partial charge in [0.15, 0.2) is 0 Å². The van der Waals surface area contributed by atoms with Crippen LogP contribution >= 0.6 is 0 Å². The molecule has 0 aliphatic carbocycles. The first-order valence-corrected chi connectivity index (χ1v) is 9.34. The van der Waals surface area contributed by atoms with Gasteiger partial charge in [0.2, 0.25) is 0 Å². The van der Waals surface area contributed by atoms with E-state index in [1.165, 1.54) is 17.2 Å². The lowest BCUT2D eigenvalue weighted by Crippen LogP contribution is -2.45. The zero-order valence-electron chi connectivity index (χ0n) is 15.8. The molecule has 1 aliphatic rings. The Bertz CT molecular complexity index is 850. The third-order valence-corrected chi connectivity index (χ3v) is 5.39. The largest absolute Gasteiger partial charge is 0.350 e. The number of hydrogen-bond donors (Lipinski definition) is 1. The normalized spacial score (nSPS) is 15.0. The Kier molecular flexibility index (Phi) is 5.86. The minimum absolute atomic E-state index is 0.0256. The average Bonchev–Trinajstić information content (AvgIpc) is 2.68. The Morgan fingerprint density at radius 3 is 2.67 bits per heavy atom. The summed E-state index contributed by atoms with van der Waals surface area (Å²) in [7, 11) is 0. The molecule has 1 N–H and O–H groups in total. The van der Waals surface area contributed by atoms with Gasteiger partial charge in [-0.3, -0.25) is 19.8 Å². The van der Waals surface area contributed by atoms with Crippen LogP contribution in [0.1, 0.15) is 40.4 Å². The molecule has 0 bridgehead atoms. The van der Waals surface area contributed by atoms with Crippen LogP contribution in [0.2, 0.25) is 0 Å². The van der Waals surface area contributed by atoms with E-state index in [2.05, 4.69) is 41.4 Å². The van der Waals surface area contributed by atoms with E-state index in [0.717, 1.165) is 25.9 Å². The first kappa shape index (κ1) is 19.0. The first-order valence-electron chi connectivity index (χ1n) is 9.34. The highest BCUT2D eigenvalue weighted by Gasteiger charge is 2.24. The first-order chi connectivity index (χ1) is 13.0. The van der Waals surface area contributed by atoms with Crippen molar-refractivity contribution >= 4 is 11.6 Å². The fourth-order valence-corrected chi connectivity index (χ4v) is 3.73. The number of rotatable bonds is 6. The summed E-state index contributed by atoms with van der Waals surface area (Å²) in [5, 5.41) is 14.1. The summed E-state index contributed by atoms with van der Waals surface area (Å²) in [4.78, 5) is 25.6. The van der Waals surface area contributed by atoms with E-state index in [0.29, 0.717) is 17.7 Å². The highest BCUT2D eigenvalue weighted by atomic mass is 16.6. The van der Waals surface area contributed by atoms with Gasteiger partial charge in [-0.2, -0.15) is 0 Å². The van der Waals surface area contributed by atoms with E-state index >= 15 is 0 Å². The average molecular weight is 367 g/mol. The lowest BCUT2D eigenvalue weighted by molar-refractivity contribution is -0.385. The molecule has 1 amide bonds. The number of nitrogens with zero attached hydrogens (tertiary/aromatic N) is 2. The molecular formula is C21H25N3O3. The molecule has 1 atom stereocenters. The predicted octanol–water partition coefficient (Wildman–Crippen LogP) is 3.47. The predicted molar refractivity (Wildman–Crippen MR) is 105 cm³/mol. The molecule has 1 aliphatic heterocycles. The van der Waals surface area contributed by atoms with Gasteiger partial charge in [-0.15, -0.1) is 0 Å². The van der Waals surface area contributed by atoms with Crippen molar-refractivity contribution in [2.45, 2.75) is 39.3 Å². The number of carbonyl (C=O) groups excluding carboxylic acids is 1. The standard InChI is InChI=1S/C21H25N3O3/c1-3-18(23-12-11-16-7-4-5-8-17(16)14-23)13-22-21(25)19-9-6-10-20(15(19)2)24(26)27/h4-10,18H,3,11-14H2,1-2H3,(H,22,25). The minimum Gasteiger partial charge on any atom is -0.350 e. The highest BCUT2D eigenvalue weighted by Crippen LogP contribution is 2.22. The molecule has 142 valence electrons. The van der Waals surface area contributed by atoms with Crippen molar-refractivity contribution < 1.29 is 9.72 Å². The number of nitro groups is 1. The number of hydrogen-bond acceptors (Lipinski definition) is 4. The third kappa shape index (κ3) is 4.17. The molecule has 0 aromatic heterocycles. The van der Waals surface area contributed by atoms with Crippen molar-refractivity contribution in [3.63, 3.8) is 0 Å². The van der Waals surface area contributed by atoms with Crippen molar-refractivity contribution in [3.8, 4) is 0 Å². The molecular weight excluding hydrogens is 342 g/mol. The molecule has 3 rings (SSSR count). The zero-order valence-corrected chi connectivity index (χ0v) is 15.8. The molecule has 2 aromatic carbocycles. The Labute approximate surface area is 159 Å². The Morgan fingerprint density at radius 1 is 1.22 bits per heavy atom. The molecule has 6 nitrogen and oxygen atoms in total. The Morgan fingerprint density at radius 2 is 1.96 bits per heavy atom. The molecule has 2 aromatic rings. The van der Waals surface area contributed by atoms with Gasteiger partial charge in [0.05, 0.1) is 4.92 Å². The molecule has 0 radical (unpaired) electrons. The van der Waals surface area contributed by atoms with E-state index in [4.69, 9.17) is 0 Å². The van der Waals surface area contributed by atoms with Crippen LogP contribution in [0.25, 0.3) is 0 Å². The van der Waals surface area contributed by atoms with Gasteiger partial charge in [-0.25, -0.2) is 0 Å². The number of nitro benzene ring substituents is 1. The van der Waals surface area contributed by atoms with E-state index in [1.54, 1.807) is 19.1 Å². The summed E-state index contributed by atoms with van der Waals surface area (Å²) in [5.74, 6) is -0.257. The minimum atomic E-state index is -0.452. The maximum atomic E-state index is 12.6. The number of carbonyl (C=O) groups is 1. The Hall–Kier alpha value is -2.73. The zero-order chi connectivity index (χ0) is 19.4. The van der Waals surface area contributed by atoms with Gasteiger partial charge >= 0.3 is 0 Å². The molecule has 0 saturated heterocycles. The van der Waals surface area contributed by atoms with Gasteiger partial charge in [0, 0.05) is 42.9 Å². The van der Waals surface area contributed by atoms with Crippen molar-refractivity contribution in [1.29, 1.82) is 0 Å². The summed E-state index contributed by atoms with van der Waals surface area (Å²) in [6, 6.07) is 13.3. The molecule has 0 saturated carbocycles. The molecule has 27 heavy (non-hydrogen) atoms. The van der Waals surface area contributed by atoms with E-state index < -0.39 is 4.92 Å². The fourth-order valence-electron chi connectivity index (χ4n) is 3.73. The van der Waals surface area contributed by atoms with Crippen LogP contribution in [0.5, 0.6) is 0 Å². The fraction of sp³-hybridized carbons (Fsp3) is 0.381. The smallest absolute Gasteiger partial charge is 0.273 e. The second kappa shape index (κ2) is 8.31. The van der Waals surface area contributed by atoms with Crippen LogP contribution in [0.4, 0.5) is 5.69 Å². The molecule has 1 unspecified atom stereocenters. The number of benzene rings is 2. The molecule has 0 spiro atoms. The molecule has 0 fully saturated rings. The Balaban J connectivity index is 1.66. The van der Waals surface area contributed by atoms with Crippen molar-refractivity contribution in [3.05, 3.63) is 74.8 Å². The summed E-state index contributed by atoms with van der Waals surface area (Å²) < 4.78 is 0. The van der Waals surface area contributed by atoms with E-state index in [-0.39, 0.29) is 17.6 Å². The van der Waals surface area contributed by atoms with Crippen LogP contribution in [0.15, 0.2) is 42.5 Å². The van der Waals surface area contributed by atoms with Gasteiger partial charge < -0.3 is 5.32 Å². The van der Waals surface area contributed by atoms with Gasteiger partial charge in [0.1, 0.15) is 0 Å². The molecule has 1 heterocycles. The van der Waals surface area contributed by atoms with Crippen LogP contribution in [-0.4, -0.2) is 34.9 Å². The maximum Gasteiger partial charge on any atom is 0.273 e. The lowest BCUT2D eigenvalue weighted by Gasteiger charge is -2.35. The lowest BCUT2D eigenvalue weighted by atomic mass is 9.98. The van der Waals surface area contributed by atoms with E-state index in [1.807, 2.05) is 0 Å².